The van der Waals surface area contributed by atoms with Crippen LogP contribution in [-0.4, -0.2) is 16.0 Å². The Hall–Kier alpha value is -1.71. The van der Waals surface area contributed by atoms with Gasteiger partial charge >= 0.3 is 0 Å². The number of nitrogens with two attached hydrogens (primary N) is 1. The van der Waals surface area contributed by atoms with Gasteiger partial charge in [0.2, 0.25) is 5.95 Å². The van der Waals surface area contributed by atoms with Crippen LogP contribution in [0.1, 0.15) is 27.2 Å². The molecule has 17 heavy (non-hydrogen) atoms. The minimum Gasteiger partial charge on any atom is -0.399 e. The van der Waals surface area contributed by atoms with Crippen molar-refractivity contribution in [2.24, 2.45) is 5.92 Å². The highest BCUT2D eigenvalue weighted by atomic mass is 15.1. The largest absolute Gasteiger partial charge is 0.399 e. The van der Waals surface area contributed by atoms with E-state index in [4.69, 9.17) is 5.73 Å². The fourth-order valence-corrected chi connectivity index (χ4v) is 2.01. The number of benzene rings is 1. The Morgan fingerprint density at radius 3 is 2.82 bits per heavy atom. The fraction of sp³-hybridized carbons (Fsp3) is 0.462. The van der Waals surface area contributed by atoms with E-state index in [0.29, 0.717) is 12.0 Å². The van der Waals surface area contributed by atoms with Crippen molar-refractivity contribution in [2.75, 3.05) is 11.1 Å². The number of nitrogens with one attached hydrogen (secondary N) is 2. The molecule has 0 spiro atoms. The Bertz CT molecular complexity index is 501. The summed E-state index contributed by atoms with van der Waals surface area (Å²) >= 11 is 0. The standard InChI is InChI=1S/C13H20N4/c1-4-10(8(2)3)15-13-16-11-6-5-9(14)7-12(11)17-13/h5-8,10H,4,14H2,1-3H3,(H2,15,16,17). The first kappa shape index (κ1) is 11.8. The maximum absolute atomic E-state index is 5.74. The van der Waals surface area contributed by atoms with Gasteiger partial charge in [-0.1, -0.05) is 20.8 Å². The van der Waals surface area contributed by atoms with Crippen LogP contribution in [-0.2, 0) is 0 Å². The van der Waals surface area contributed by atoms with E-state index in [2.05, 4.69) is 36.1 Å². The topological polar surface area (TPSA) is 66.7 Å². The molecule has 0 aliphatic heterocycles. The molecule has 0 aliphatic rings. The van der Waals surface area contributed by atoms with Gasteiger partial charge in [-0.05, 0) is 30.5 Å². The third-order valence-corrected chi connectivity index (χ3v) is 3.07. The monoisotopic (exact) mass is 232 g/mol. The van der Waals surface area contributed by atoms with Gasteiger partial charge in [-0.15, -0.1) is 0 Å². The summed E-state index contributed by atoms with van der Waals surface area (Å²) in [5.41, 5.74) is 8.42. The van der Waals surface area contributed by atoms with Crippen molar-refractivity contribution in [3.8, 4) is 0 Å². The van der Waals surface area contributed by atoms with Crippen LogP contribution in [0.3, 0.4) is 0 Å². The summed E-state index contributed by atoms with van der Waals surface area (Å²) < 4.78 is 0. The van der Waals surface area contributed by atoms with Crippen LogP contribution in [0.5, 0.6) is 0 Å². The number of aromatic nitrogens is 2. The molecule has 0 radical (unpaired) electrons. The van der Waals surface area contributed by atoms with E-state index < -0.39 is 0 Å². The van der Waals surface area contributed by atoms with Crippen LogP contribution >= 0.6 is 0 Å². The molecule has 1 unspecified atom stereocenters. The lowest BCUT2D eigenvalue weighted by Gasteiger charge is -2.19. The van der Waals surface area contributed by atoms with Crippen LogP contribution in [0, 0.1) is 5.92 Å². The molecular formula is C13H20N4. The maximum atomic E-state index is 5.74. The van der Waals surface area contributed by atoms with Crippen molar-refractivity contribution in [1.82, 2.24) is 9.97 Å². The number of nitrogens with zero attached hydrogens (tertiary/aromatic N) is 1. The molecule has 4 heteroatoms. The van der Waals surface area contributed by atoms with Crippen LogP contribution in [0.2, 0.25) is 0 Å². The zero-order valence-electron chi connectivity index (χ0n) is 10.6. The number of imidazole rings is 1. The first-order chi connectivity index (χ1) is 8.10. The molecule has 0 amide bonds. The van der Waals surface area contributed by atoms with Gasteiger partial charge in [0.15, 0.2) is 0 Å². The minimum absolute atomic E-state index is 0.438. The third-order valence-electron chi connectivity index (χ3n) is 3.07. The molecule has 92 valence electrons. The van der Waals surface area contributed by atoms with Crippen LogP contribution in [0.25, 0.3) is 11.0 Å². The van der Waals surface area contributed by atoms with E-state index >= 15 is 0 Å². The van der Waals surface area contributed by atoms with E-state index in [1.165, 1.54) is 0 Å². The molecule has 0 aliphatic carbocycles. The van der Waals surface area contributed by atoms with Gasteiger partial charge in [-0.3, -0.25) is 0 Å². The number of hydrogen-bond donors (Lipinski definition) is 3. The van der Waals surface area contributed by atoms with E-state index in [1.54, 1.807) is 0 Å². The first-order valence-electron chi connectivity index (χ1n) is 6.12. The number of aromatic amines is 1. The molecule has 1 heterocycles. The summed E-state index contributed by atoms with van der Waals surface area (Å²) in [5, 5.41) is 3.43. The normalized spacial score (nSPS) is 13.2. The highest BCUT2D eigenvalue weighted by Crippen LogP contribution is 2.19. The number of fused-ring (bicyclic) bond motifs is 1. The van der Waals surface area contributed by atoms with Crippen LogP contribution in [0.4, 0.5) is 11.6 Å². The number of H-pyrrole nitrogens is 1. The van der Waals surface area contributed by atoms with Gasteiger partial charge in [0.1, 0.15) is 0 Å². The average molecular weight is 232 g/mol. The third kappa shape index (κ3) is 2.52. The van der Waals surface area contributed by atoms with E-state index in [9.17, 15) is 0 Å². The SMILES string of the molecule is CCC(Nc1nc2ccc(N)cc2[nH]1)C(C)C. The van der Waals surface area contributed by atoms with Crippen LogP contribution in [0.15, 0.2) is 18.2 Å². The van der Waals surface area contributed by atoms with Crippen molar-refractivity contribution in [3.05, 3.63) is 18.2 Å². The minimum atomic E-state index is 0.438. The highest BCUT2D eigenvalue weighted by Gasteiger charge is 2.12. The Morgan fingerprint density at radius 1 is 1.41 bits per heavy atom. The second kappa shape index (κ2) is 4.65. The van der Waals surface area contributed by atoms with Gasteiger partial charge < -0.3 is 16.0 Å². The Balaban J connectivity index is 2.24. The molecule has 0 fully saturated rings. The summed E-state index contributed by atoms with van der Waals surface area (Å²) in [4.78, 5) is 7.76. The van der Waals surface area contributed by atoms with Crippen molar-refractivity contribution >= 4 is 22.7 Å². The first-order valence-corrected chi connectivity index (χ1v) is 6.12. The predicted octanol–water partition coefficient (Wildman–Crippen LogP) is 2.99. The van der Waals surface area contributed by atoms with Crippen molar-refractivity contribution in [2.45, 2.75) is 33.2 Å². The van der Waals surface area contributed by atoms with Gasteiger partial charge in [-0.2, -0.15) is 0 Å². The van der Waals surface area contributed by atoms with Gasteiger partial charge in [0.25, 0.3) is 0 Å². The molecule has 1 aromatic heterocycles. The van der Waals surface area contributed by atoms with Gasteiger partial charge in [0.05, 0.1) is 11.0 Å². The lowest BCUT2D eigenvalue weighted by molar-refractivity contribution is 0.509. The molecule has 0 bridgehead atoms. The quantitative estimate of drug-likeness (QED) is 0.710. The molecule has 1 atom stereocenters. The molecule has 0 saturated heterocycles. The van der Waals surface area contributed by atoms with Gasteiger partial charge in [-0.25, -0.2) is 4.98 Å². The smallest absolute Gasteiger partial charge is 0.201 e. The zero-order chi connectivity index (χ0) is 12.4. The summed E-state index contributed by atoms with van der Waals surface area (Å²) in [6.45, 7) is 6.60. The molecule has 2 aromatic rings. The summed E-state index contributed by atoms with van der Waals surface area (Å²) in [5.74, 6) is 1.41. The second-order valence-corrected chi connectivity index (χ2v) is 4.77. The summed E-state index contributed by atoms with van der Waals surface area (Å²) in [6.07, 6.45) is 1.08. The number of rotatable bonds is 4. The van der Waals surface area contributed by atoms with E-state index in [0.717, 1.165) is 29.1 Å². The van der Waals surface area contributed by atoms with Crippen molar-refractivity contribution in [1.29, 1.82) is 0 Å². The number of anilines is 2. The van der Waals surface area contributed by atoms with Crippen molar-refractivity contribution in [3.63, 3.8) is 0 Å². The second-order valence-electron chi connectivity index (χ2n) is 4.77. The fourth-order valence-electron chi connectivity index (χ4n) is 2.01. The Labute approximate surface area is 102 Å². The highest BCUT2D eigenvalue weighted by molar-refractivity contribution is 5.80. The van der Waals surface area contributed by atoms with E-state index in [1.807, 2.05) is 18.2 Å². The number of nitrogen functional groups attached to an aromatic ring is 1. The Kier molecular flexibility index (Phi) is 3.22. The lowest BCUT2D eigenvalue weighted by Crippen LogP contribution is -2.25. The average Bonchev–Trinajstić information content (AvgIpc) is 2.66. The maximum Gasteiger partial charge on any atom is 0.201 e. The lowest BCUT2D eigenvalue weighted by atomic mass is 10.0. The molecule has 0 saturated carbocycles. The summed E-state index contributed by atoms with van der Waals surface area (Å²) in [6, 6.07) is 6.15. The van der Waals surface area contributed by atoms with Crippen LogP contribution < -0.4 is 11.1 Å². The Morgan fingerprint density at radius 2 is 2.18 bits per heavy atom. The zero-order valence-corrected chi connectivity index (χ0v) is 10.6. The molecule has 1 aromatic carbocycles. The van der Waals surface area contributed by atoms with E-state index in [-0.39, 0.29) is 0 Å². The molecular weight excluding hydrogens is 212 g/mol. The van der Waals surface area contributed by atoms with Gasteiger partial charge in [0, 0.05) is 11.7 Å². The molecule has 4 nitrogen and oxygen atoms in total. The molecule has 2 rings (SSSR count). The summed E-state index contributed by atoms with van der Waals surface area (Å²) in [7, 11) is 0. The number of hydrogen-bond acceptors (Lipinski definition) is 3. The molecule has 4 N–H and O–H groups in total. The van der Waals surface area contributed by atoms with Crippen molar-refractivity contribution < 1.29 is 0 Å². The predicted molar refractivity (Wildman–Crippen MR) is 73.0 cm³/mol.